The molecule has 0 bridgehead atoms. The summed E-state index contributed by atoms with van der Waals surface area (Å²) in [6.45, 7) is 5.50. The molecular formula is C13H23N3. The van der Waals surface area contributed by atoms with E-state index in [2.05, 4.69) is 24.3 Å². The van der Waals surface area contributed by atoms with E-state index in [1.807, 2.05) is 23.1 Å². The summed E-state index contributed by atoms with van der Waals surface area (Å²) < 4.78 is 2.01. The van der Waals surface area contributed by atoms with Crippen LogP contribution in [-0.2, 0) is 6.54 Å². The molecule has 3 heteroatoms. The number of hydrogen-bond acceptors (Lipinski definition) is 2. The van der Waals surface area contributed by atoms with Crippen LogP contribution in [0.5, 0.6) is 0 Å². The quantitative estimate of drug-likeness (QED) is 0.766. The van der Waals surface area contributed by atoms with E-state index < -0.39 is 0 Å². The molecule has 1 aliphatic rings. The van der Waals surface area contributed by atoms with Crippen molar-refractivity contribution in [3.63, 3.8) is 0 Å². The van der Waals surface area contributed by atoms with Crippen LogP contribution in [0, 0.1) is 5.92 Å². The van der Waals surface area contributed by atoms with Gasteiger partial charge in [0.15, 0.2) is 0 Å². The Bertz CT molecular complexity index is 290. The van der Waals surface area contributed by atoms with Gasteiger partial charge in [-0.2, -0.15) is 5.10 Å². The van der Waals surface area contributed by atoms with Crippen LogP contribution in [0.1, 0.15) is 39.5 Å². The smallest absolute Gasteiger partial charge is 0.0560 e. The van der Waals surface area contributed by atoms with E-state index in [4.69, 9.17) is 0 Å². The molecule has 1 aromatic heterocycles. The average Bonchev–Trinajstić information content (AvgIpc) is 2.98. The summed E-state index contributed by atoms with van der Waals surface area (Å²) in [7, 11) is 0. The van der Waals surface area contributed by atoms with Crippen molar-refractivity contribution in [1.29, 1.82) is 0 Å². The lowest BCUT2D eigenvalue weighted by Gasteiger charge is -2.23. The predicted octanol–water partition coefficient (Wildman–Crippen LogP) is 2.44. The molecule has 0 aromatic carbocycles. The van der Waals surface area contributed by atoms with Gasteiger partial charge in [-0.25, -0.2) is 0 Å². The Morgan fingerprint density at radius 2 is 2.31 bits per heavy atom. The fraction of sp³-hybridized carbons (Fsp3) is 0.769. The van der Waals surface area contributed by atoms with Crippen molar-refractivity contribution < 1.29 is 0 Å². The lowest BCUT2D eigenvalue weighted by Crippen LogP contribution is -2.40. The molecule has 1 fully saturated rings. The van der Waals surface area contributed by atoms with Gasteiger partial charge in [0.2, 0.25) is 0 Å². The second-order valence-corrected chi connectivity index (χ2v) is 5.03. The van der Waals surface area contributed by atoms with E-state index in [1.54, 1.807) is 0 Å². The van der Waals surface area contributed by atoms with Crippen LogP contribution in [0.25, 0.3) is 0 Å². The third kappa shape index (κ3) is 3.34. The largest absolute Gasteiger partial charge is 0.309 e. The monoisotopic (exact) mass is 221 g/mol. The summed E-state index contributed by atoms with van der Waals surface area (Å²) in [4.78, 5) is 0. The molecule has 1 aromatic rings. The molecule has 0 amide bonds. The molecule has 0 radical (unpaired) electrons. The maximum absolute atomic E-state index is 4.25. The van der Waals surface area contributed by atoms with Gasteiger partial charge in [-0.3, -0.25) is 4.68 Å². The summed E-state index contributed by atoms with van der Waals surface area (Å²) >= 11 is 0. The van der Waals surface area contributed by atoms with Crippen molar-refractivity contribution in [1.82, 2.24) is 15.1 Å². The average molecular weight is 221 g/mol. The SMILES string of the molecule is CCCC(NC(C)Cn1cccn1)C1CC1. The van der Waals surface area contributed by atoms with Gasteiger partial charge in [-0.05, 0) is 38.2 Å². The Morgan fingerprint density at radius 1 is 1.50 bits per heavy atom. The first-order chi connectivity index (χ1) is 7.79. The molecule has 1 saturated carbocycles. The summed E-state index contributed by atoms with van der Waals surface area (Å²) in [5.41, 5.74) is 0. The number of nitrogens with one attached hydrogen (secondary N) is 1. The van der Waals surface area contributed by atoms with Crippen molar-refractivity contribution in [3.8, 4) is 0 Å². The number of nitrogens with zero attached hydrogens (tertiary/aromatic N) is 2. The third-order valence-corrected chi connectivity index (χ3v) is 3.31. The Labute approximate surface area is 98.2 Å². The normalized spacial score (nSPS) is 19.6. The molecule has 2 unspecified atom stereocenters. The lowest BCUT2D eigenvalue weighted by atomic mass is 10.1. The van der Waals surface area contributed by atoms with Crippen molar-refractivity contribution in [2.75, 3.05) is 0 Å². The van der Waals surface area contributed by atoms with Gasteiger partial charge in [0, 0.05) is 24.5 Å². The zero-order chi connectivity index (χ0) is 11.4. The molecule has 1 N–H and O–H groups in total. The molecular weight excluding hydrogens is 198 g/mol. The van der Waals surface area contributed by atoms with Gasteiger partial charge in [-0.15, -0.1) is 0 Å². The zero-order valence-electron chi connectivity index (χ0n) is 10.4. The van der Waals surface area contributed by atoms with Crippen molar-refractivity contribution >= 4 is 0 Å². The summed E-state index contributed by atoms with van der Waals surface area (Å²) in [6.07, 6.45) is 9.32. The fourth-order valence-electron chi connectivity index (χ4n) is 2.37. The maximum atomic E-state index is 4.25. The minimum absolute atomic E-state index is 0.511. The molecule has 2 rings (SSSR count). The Balaban J connectivity index is 1.78. The van der Waals surface area contributed by atoms with E-state index in [1.165, 1.54) is 25.7 Å². The molecule has 0 saturated heterocycles. The highest BCUT2D eigenvalue weighted by Gasteiger charge is 2.30. The summed E-state index contributed by atoms with van der Waals surface area (Å²) in [5.74, 6) is 0.944. The first-order valence-electron chi connectivity index (χ1n) is 6.53. The molecule has 0 spiro atoms. The van der Waals surface area contributed by atoms with Crippen molar-refractivity contribution in [2.45, 2.75) is 58.2 Å². The minimum Gasteiger partial charge on any atom is -0.309 e. The zero-order valence-corrected chi connectivity index (χ0v) is 10.4. The van der Waals surface area contributed by atoms with Gasteiger partial charge in [0.05, 0.1) is 6.54 Å². The molecule has 1 aliphatic carbocycles. The van der Waals surface area contributed by atoms with Gasteiger partial charge >= 0.3 is 0 Å². The van der Waals surface area contributed by atoms with E-state index in [9.17, 15) is 0 Å². The second-order valence-electron chi connectivity index (χ2n) is 5.03. The van der Waals surface area contributed by atoms with Crippen molar-refractivity contribution in [2.24, 2.45) is 5.92 Å². The van der Waals surface area contributed by atoms with E-state index in [0.717, 1.165) is 18.5 Å². The van der Waals surface area contributed by atoms with Gasteiger partial charge in [0.25, 0.3) is 0 Å². The van der Waals surface area contributed by atoms with Gasteiger partial charge in [-0.1, -0.05) is 13.3 Å². The minimum atomic E-state index is 0.511. The van der Waals surface area contributed by atoms with Crippen LogP contribution in [0.4, 0.5) is 0 Å². The van der Waals surface area contributed by atoms with Crippen LogP contribution >= 0.6 is 0 Å². The fourth-order valence-corrected chi connectivity index (χ4v) is 2.37. The Morgan fingerprint density at radius 3 is 2.88 bits per heavy atom. The molecule has 0 aliphatic heterocycles. The van der Waals surface area contributed by atoms with Crippen LogP contribution < -0.4 is 5.32 Å². The second kappa shape index (κ2) is 5.48. The summed E-state index contributed by atoms with van der Waals surface area (Å²) in [5, 5.41) is 8.00. The molecule has 16 heavy (non-hydrogen) atoms. The molecule has 90 valence electrons. The first kappa shape index (κ1) is 11.6. The third-order valence-electron chi connectivity index (χ3n) is 3.31. The molecule has 2 atom stereocenters. The Kier molecular flexibility index (Phi) is 3.99. The van der Waals surface area contributed by atoms with Crippen LogP contribution in [0.2, 0.25) is 0 Å². The van der Waals surface area contributed by atoms with Crippen LogP contribution in [0.15, 0.2) is 18.5 Å². The first-order valence-corrected chi connectivity index (χ1v) is 6.53. The van der Waals surface area contributed by atoms with Gasteiger partial charge < -0.3 is 5.32 Å². The van der Waals surface area contributed by atoms with Gasteiger partial charge in [0.1, 0.15) is 0 Å². The molecule has 1 heterocycles. The highest BCUT2D eigenvalue weighted by Crippen LogP contribution is 2.34. The number of aromatic nitrogens is 2. The highest BCUT2D eigenvalue weighted by atomic mass is 15.3. The lowest BCUT2D eigenvalue weighted by molar-refractivity contribution is 0.353. The summed E-state index contributed by atoms with van der Waals surface area (Å²) in [6, 6.07) is 3.23. The topological polar surface area (TPSA) is 29.9 Å². The van der Waals surface area contributed by atoms with Crippen LogP contribution in [0.3, 0.4) is 0 Å². The number of rotatable bonds is 7. The van der Waals surface area contributed by atoms with Crippen molar-refractivity contribution in [3.05, 3.63) is 18.5 Å². The predicted molar refractivity (Wildman–Crippen MR) is 66.2 cm³/mol. The van der Waals surface area contributed by atoms with E-state index in [-0.39, 0.29) is 0 Å². The molecule has 3 nitrogen and oxygen atoms in total. The Hall–Kier alpha value is -0.830. The van der Waals surface area contributed by atoms with E-state index in [0.29, 0.717) is 6.04 Å². The van der Waals surface area contributed by atoms with Crippen LogP contribution in [-0.4, -0.2) is 21.9 Å². The van der Waals surface area contributed by atoms with E-state index >= 15 is 0 Å². The highest BCUT2D eigenvalue weighted by molar-refractivity contribution is 4.88. The number of hydrogen-bond donors (Lipinski definition) is 1. The standard InChI is InChI=1S/C13H23N3/c1-3-5-13(12-6-7-12)15-11(2)10-16-9-4-8-14-16/h4,8-9,11-13,15H,3,5-7,10H2,1-2H3. The maximum Gasteiger partial charge on any atom is 0.0560 e.